The molecule has 86 heavy (non-hydrogen) atoms. The van der Waals surface area contributed by atoms with Gasteiger partial charge in [0.25, 0.3) is 0 Å². The lowest BCUT2D eigenvalue weighted by Gasteiger charge is -2.83. The number of hydrogen-bond acceptors (Lipinski definition) is 21. The first-order chi connectivity index (χ1) is 40.6. The summed E-state index contributed by atoms with van der Waals surface area (Å²) in [5, 5.41) is 59.1. The molecule has 0 bridgehead atoms. The van der Waals surface area contributed by atoms with Gasteiger partial charge in [0.1, 0.15) is 35.1 Å². The molecular weight excluding hydrogens is 1120 g/mol. The molecule has 16 atom stereocenters. The largest absolute Gasteiger partial charge is 0.455 e. The van der Waals surface area contributed by atoms with E-state index in [2.05, 4.69) is 16.0 Å². The summed E-state index contributed by atoms with van der Waals surface area (Å²) < 4.78 is 52.4. The number of rotatable bonds is 29. The van der Waals surface area contributed by atoms with Gasteiger partial charge in [-0.3, -0.25) is 24.0 Å². The van der Waals surface area contributed by atoms with Gasteiger partial charge in [0.2, 0.25) is 17.9 Å². The minimum atomic E-state index is -2.30. The Labute approximate surface area is 501 Å². The second-order valence-corrected chi connectivity index (χ2v) is 24.8. The fourth-order valence-corrected chi connectivity index (χ4v) is 14.0. The smallest absolute Gasteiger partial charge is 0.408 e. The fraction of sp³-hybridized carbons (Fsp3) is 0.677. The summed E-state index contributed by atoms with van der Waals surface area (Å²) in [6.45, 7) is 13.9. The van der Waals surface area contributed by atoms with Gasteiger partial charge in [-0.25, -0.2) is 14.4 Å². The van der Waals surface area contributed by atoms with E-state index in [1.165, 1.54) is 32.9 Å². The molecule has 0 aromatic heterocycles. The molecule has 0 spiro atoms. The number of Topliss-reactive ketones (excluding diaryl/α,β-unsaturated/α-hetero) is 1. The van der Waals surface area contributed by atoms with Crippen molar-refractivity contribution in [1.29, 1.82) is 0 Å². The lowest BCUT2D eigenvalue weighted by molar-refractivity contribution is -0.465. The van der Waals surface area contributed by atoms with E-state index in [1.54, 1.807) is 83.3 Å². The molecule has 3 amide bonds. The molecule has 4 saturated carbocycles. The predicted molar refractivity (Wildman–Crippen MR) is 303 cm³/mol. The maximum Gasteiger partial charge on any atom is 0.408 e. The van der Waals surface area contributed by atoms with E-state index >= 15 is 4.79 Å². The summed E-state index contributed by atoms with van der Waals surface area (Å²) in [7, 11) is 1.58. The maximum atomic E-state index is 15.4. The normalized spacial score (nSPS) is 31.4. The van der Waals surface area contributed by atoms with Crippen molar-refractivity contribution in [1.82, 2.24) is 16.0 Å². The van der Waals surface area contributed by atoms with Gasteiger partial charge in [-0.15, -0.1) is 0 Å². The van der Waals surface area contributed by atoms with Crippen LogP contribution in [0.3, 0.4) is 0 Å². The van der Waals surface area contributed by atoms with Crippen molar-refractivity contribution in [2.45, 2.75) is 184 Å². The Kier molecular flexibility index (Phi) is 21.9. The molecule has 24 heteroatoms. The number of nitrogens with one attached hydrogen (secondary N) is 3. The zero-order valence-electron chi connectivity index (χ0n) is 50.7. The Balaban J connectivity index is 1.10. The van der Waals surface area contributed by atoms with Gasteiger partial charge < -0.3 is 79.0 Å². The number of carbonyl (C=O) groups is 8. The first-order valence-corrected chi connectivity index (χ1v) is 29.6. The molecule has 4 aliphatic carbocycles. The molecule has 7 rings (SSSR count). The molecule has 476 valence electrons. The summed E-state index contributed by atoms with van der Waals surface area (Å²) in [6.07, 6.45) is -10.9. The van der Waals surface area contributed by atoms with Crippen molar-refractivity contribution in [3.63, 3.8) is 0 Å². The first kappa shape index (κ1) is 67.4. The van der Waals surface area contributed by atoms with Crippen molar-refractivity contribution >= 4 is 47.6 Å². The van der Waals surface area contributed by atoms with Crippen LogP contribution in [0.1, 0.15) is 135 Å². The van der Waals surface area contributed by atoms with Crippen LogP contribution in [0.25, 0.3) is 0 Å². The van der Waals surface area contributed by atoms with Crippen LogP contribution >= 0.6 is 0 Å². The summed E-state index contributed by atoms with van der Waals surface area (Å²) in [4.78, 5) is 109. The molecule has 2 unspecified atom stereocenters. The van der Waals surface area contributed by atoms with Crippen molar-refractivity contribution in [2.75, 3.05) is 53.3 Å². The number of ether oxygens (including phenoxy) is 9. The SMILES string of the molecule is COCCOCCOCCC(=O)NCCCCC(NC(=O)CCCC(=O)O[C@@H](C(=O)O[C@]12C[C@@]3(O)[C@@H](OC(=O)c4ccccc4)[C@@H]4[C@]5(OC(C)=O)CO[C@@H]5C[C@H](O)[C@@]4(C)[C@H](O)[C@H](O)C([C@@H]1C)[C@]32C)[C@@H](NC(=O)OC(C)(C)C)c1ccccc1)C(C)=O. The molecule has 2 aromatic carbocycles. The number of fused-ring (bicyclic) bond motifs is 3. The Morgan fingerprint density at radius 1 is 0.791 bits per heavy atom. The molecule has 7 N–H and O–H groups in total. The van der Waals surface area contributed by atoms with Crippen LogP contribution in [-0.4, -0.2) is 186 Å². The number of benzene rings is 2. The van der Waals surface area contributed by atoms with E-state index in [4.69, 9.17) is 42.6 Å². The number of hydrogen-bond donors (Lipinski definition) is 7. The monoisotopic (exact) mass is 1210 g/mol. The van der Waals surface area contributed by atoms with E-state index in [0.29, 0.717) is 45.8 Å². The predicted octanol–water partition coefficient (Wildman–Crippen LogP) is 3.50. The van der Waals surface area contributed by atoms with Crippen molar-refractivity contribution in [2.24, 2.45) is 28.6 Å². The van der Waals surface area contributed by atoms with Crippen LogP contribution < -0.4 is 16.0 Å². The molecule has 24 nitrogen and oxygen atoms in total. The molecule has 0 radical (unpaired) electrons. The molecule has 5 fully saturated rings. The zero-order valence-corrected chi connectivity index (χ0v) is 50.7. The van der Waals surface area contributed by atoms with E-state index in [0.717, 1.165) is 6.92 Å². The highest BCUT2D eigenvalue weighted by atomic mass is 16.6. The number of esters is 4. The lowest BCUT2D eigenvalue weighted by atomic mass is 9.25. The number of aliphatic hydroxyl groups excluding tert-OH is 3. The van der Waals surface area contributed by atoms with Gasteiger partial charge in [0.05, 0.1) is 75.5 Å². The molecule has 1 saturated heterocycles. The van der Waals surface area contributed by atoms with Crippen molar-refractivity contribution in [3.05, 3.63) is 71.8 Å². The topological polar surface area (TPSA) is 337 Å². The average Bonchev–Trinajstić information content (AvgIpc) is 0.624. The summed E-state index contributed by atoms with van der Waals surface area (Å²) in [5.74, 6) is -8.50. The molecule has 1 heterocycles. The number of ketones is 1. The van der Waals surface area contributed by atoms with E-state index < -0.39 is 148 Å². The van der Waals surface area contributed by atoms with E-state index in [1.807, 2.05) is 0 Å². The highest BCUT2D eigenvalue weighted by molar-refractivity contribution is 5.90. The van der Waals surface area contributed by atoms with Crippen LogP contribution in [-0.2, 0) is 71.4 Å². The fourth-order valence-electron chi connectivity index (χ4n) is 14.0. The maximum absolute atomic E-state index is 15.4. The molecule has 2 aromatic rings. The number of aliphatic hydroxyl groups is 4. The number of unbranched alkanes of at least 4 members (excludes halogenated alkanes) is 1. The van der Waals surface area contributed by atoms with Gasteiger partial charge >= 0.3 is 30.0 Å². The van der Waals surface area contributed by atoms with Gasteiger partial charge in [-0.05, 0) is 71.1 Å². The Morgan fingerprint density at radius 3 is 2.06 bits per heavy atom. The highest BCUT2D eigenvalue weighted by Gasteiger charge is 2.92. The van der Waals surface area contributed by atoms with Crippen molar-refractivity contribution in [3.8, 4) is 0 Å². The third-order valence-electron chi connectivity index (χ3n) is 18.4. The average molecular weight is 1210 g/mol. The Morgan fingerprint density at radius 2 is 1.44 bits per heavy atom. The third kappa shape index (κ3) is 13.8. The van der Waals surface area contributed by atoms with E-state index in [-0.39, 0.29) is 68.1 Å². The molecule has 5 aliphatic rings. The van der Waals surface area contributed by atoms with Gasteiger partial charge in [-0.1, -0.05) is 69.3 Å². The first-order valence-electron chi connectivity index (χ1n) is 29.6. The van der Waals surface area contributed by atoms with Gasteiger partial charge in [0.15, 0.2) is 11.4 Å². The number of carbonyl (C=O) groups excluding carboxylic acids is 8. The van der Waals surface area contributed by atoms with Gasteiger partial charge in [0, 0.05) is 75.3 Å². The third-order valence-corrected chi connectivity index (χ3v) is 18.4. The quantitative estimate of drug-likeness (QED) is 0.0348. The molecular formula is C62H87N3O21. The minimum Gasteiger partial charge on any atom is -0.455 e. The Bertz CT molecular complexity index is 2730. The molecule has 1 aliphatic heterocycles. The minimum absolute atomic E-state index is 0.0666. The van der Waals surface area contributed by atoms with Crippen LogP contribution in [0.4, 0.5) is 4.79 Å². The summed E-state index contributed by atoms with van der Waals surface area (Å²) in [5.41, 5.74) is -10.2. The number of methoxy groups -OCH3 is 1. The second-order valence-electron chi connectivity index (χ2n) is 24.8. The highest BCUT2D eigenvalue weighted by Crippen LogP contribution is 2.80. The summed E-state index contributed by atoms with van der Waals surface area (Å²) >= 11 is 0. The second kappa shape index (κ2) is 27.9. The van der Waals surface area contributed by atoms with Crippen LogP contribution in [0.15, 0.2) is 60.7 Å². The Hall–Kier alpha value is -6.12. The zero-order chi connectivity index (χ0) is 63.0. The standard InChI is InChI=1S/C62H87N3O21/c1-36-47-49(72)52(73)58(7)42(68)33-43-60(35-81-43,84-38(3)67)51(58)53(83-54(74)40-21-14-11-15-22-40)61(77)34-62(36,59(47,61)8)85-55(75)50(48(39-19-12-10-13-20-39)65-56(76)86-57(4,5)6)82-46(71)25-18-24-45(70)64-41(37(2)66)23-16-17-27-63-44(69)26-28-79-31-32-80-30-29-78-9/h10-15,19-22,36,41-43,47-53,68,72-73,77H,16-18,23-35H2,1-9H3,(H,63,69)(H,64,70)(H,65,76)/t36-,41?,42-,43+,47?,48-,49+,50+,51-,52+,53-,58+,59+,60-,61+,62+/m0/s1. The van der Waals surface area contributed by atoms with E-state index in [9.17, 15) is 54.0 Å². The number of amides is 3. The lowest BCUT2D eigenvalue weighted by Crippen LogP contribution is -2.95. The van der Waals surface area contributed by atoms with Crippen molar-refractivity contribution < 1.29 is 101 Å². The van der Waals surface area contributed by atoms with Gasteiger partial charge in [-0.2, -0.15) is 0 Å². The van der Waals surface area contributed by atoms with Crippen LogP contribution in [0, 0.1) is 28.6 Å². The number of alkyl carbamates (subject to hydrolysis) is 1. The summed E-state index contributed by atoms with van der Waals surface area (Å²) in [6, 6.07) is 13.5. The van der Waals surface area contributed by atoms with Crippen LogP contribution in [0.5, 0.6) is 0 Å². The van der Waals surface area contributed by atoms with Crippen LogP contribution in [0.2, 0.25) is 0 Å².